The van der Waals surface area contributed by atoms with Crippen molar-refractivity contribution in [2.45, 2.75) is 44.7 Å². The molecule has 9 nitrogen and oxygen atoms in total. The summed E-state index contributed by atoms with van der Waals surface area (Å²) in [5.74, 6) is 1.45. The summed E-state index contributed by atoms with van der Waals surface area (Å²) in [6.07, 6.45) is 0.564. The van der Waals surface area contributed by atoms with Gasteiger partial charge < -0.3 is 28.4 Å². The number of nitrogens with zero attached hydrogens (tertiary/aromatic N) is 4. The highest BCUT2D eigenvalue weighted by Crippen LogP contribution is 2.44. The summed E-state index contributed by atoms with van der Waals surface area (Å²) >= 11 is 5.97. The molecule has 0 N–H and O–H groups in total. The molecular weight excluding hydrogens is 587 g/mol. The van der Waals surface area contributed by atoms with Crippen molar-refractivity contribution >= 4 is 34.3 Å². The number of carbonyl (C=O) groups is 1. The molecule has 0 radical (unpaired) electrons. The lowest BCUT2D eigenvalue weighted by molar-refractivity contribution is -0.0592. The van der Waals surface area contributed by atoms with Gasteiger partial charge in [0.15, 0.2) is 17.6 Å². The molecule has 3 aromatic carbocycles. The molecule has 3 aliphatic heterocycles. The van der Waals surface area contributed by atoms with Crippen molar-refractivity contribution in [2.75, 3.05) is 44.9 Å². The lowest BCUT2D eigenvalue weighted by Gasteiger charge is -2.42. The maximum Gasteiger partial charge on any atom is 0.337 e. The van der Waals surface area contributed by atoms with Crippen LogP contribution in [0, 0.1) is 5.82 Å². The number of carbonyl (C=O) groups excluding carboxylic acids is 1. The number of anilines is 1. The average Bonchev–Trinajstić information content (AvgIpc) is 3.34. The van der Waals surface area contributed by atoms with Gasteiger partial charge in [-0.05, 0) is 55.8 Å². The second kappa shape index (κ2) is 11.9. The molecule has 4 aromatic rings. The van der Waals surface area contributed by atoms with Gasteiger partial charge in [0.05, 0.1) is 48.6 Å². The summed E-state index contributed by atoms with van der Waals surface area (Å²) in [6.45, 7) is 6.88. The molecule has 4 heterocycles. The molecule has 0 amide bonds. The Morgan fingerprint density at radius 3 is 2.77 bits per heavy atom. The molecule has 0 unspecified atom stereocenters. The van der Waals surface area contributed by atoms with Gasteiger partial charge in [-0.1, -0.05) is 23.7 Å². The van der Waals surface area contributed by atoms with E-state index in [1.54, 1.807) is 18.2 Å². The third-order valence-corrected chi connectivity index (χ3v) is 9.03. The molecule has 2 saturated heterocycles. The Morgan fingerprint density at radius 2 is 2.02 bits per heavy atom. The van der Waals surface area contributed by atoms with E-state index < -0.39 is 11.9 Å². The van der Waals surface area contributed by atoms with Crippen LogP contribution in [0.1, 0.15) is 41.2 Å². The SMILES string of the molecule is COC(=O)c1ccc2nc(CN3CCN(c4cccc5c4O[C@H](c4ccc(Cl)cc4F)CO5)C[C@@H]3C)n(C[C@@H]3CCO3)c2c1. The predicted molar refractivity (Wildman–Crippen MR) is 164 cm³/mol. The van der Waals surface area contributed by atoms with Crippen LogP contribution in [-0.2, 0) is 22.6 Å². The van der Waals surface area contributed by atoms with Gasteiger partial charge >= 0.3 is 5.97 Å². The Bertz CT molecular complexity index is 1710. The first-order chi connectivity index (χ1) is 21.4. The summed E-state index contributed by atoms with van der Waals surface area (Å²) < 4.78 is 40.1. The van der Waals surface area contributed by atoms with Gasteiger partial charge in [0, 0.05) is 42.9 Å². The fraction of sp³-hybridized carbons (Fsp3) is 0.394. The second-order valence-electron chi connectivity index (χ2n) is 11.6. The van der Waals surface area contributed by atoms with Crippen molar-refractivity contribution in [3.8, 4) is 11.5 Å². The first kappa shape index (κ1) is 28.9. The van der Waals surface area contributed by atoms with E-state index in [9.17, 15) is 9.18 Å². The molecule has 1 aromatic heterocycles. The minimum Gasteiger partial charge on any atom is -0.485 e. The van der Waals surface area contributed by atoms with Crippen molar-refractivity contribution in [2.24, 2.45) is 0 Å². The first-order valence-corrected chi connectivity index (χ1v) is 15.3. The number of para-hydroxylation sites is 1. The van der Waals surface area contributed by atoms with E-state index in [0.717, 1.165) is 55.2 Å². The zero-order valence-electron chi connectivity index (χ0n) is 24.7. The van der Waals surface area contributed by atoms with Crippen LogP contribution in [0.2, 0.25) is 5.02 Å². The fourth-order valence-corrected chi connectivity index (χ4v) is 6.41. The normalized spacial score (nSPS) is 21.7. The fourth-order valence-electron chi connectivity index (χ4n) is 6.25. The number of rotatable bonds is 7. The topological polar surface area (TPSA) is 78.3 Å². The second-order valence-corrected chi connectivity index (χ2v) is 12.0. The van der Waals surface area contributed by atoms with E-state index in [-0.39, 0.29) is 24.7 Å². The van der Waals surface area contributed by atoms with E-state index in [1.807, 2.05) is 30.3 Å². The Hall–Kier alpha value is -3.86. The van der Waals surface area contributed by atoms with Crippen LogP contribution in [0.4, 0.5) is 10.1 Å². The molecule has 44 heavy (non-hydrogen) atoms. The molecule has 7 rings (SSSR count). The number of esters is 1. The molecule has 2 fully saturated rings. The molecule has 3 aliphatic rings. The van der Waals surface area contributed by atoms with Crippen LogP contribution in [0.5, 0.6) is 11.5 Å². The van der Waals surface area contributed by atoms with Crippen molar-refractivity contribution in [3.05, 3.63) is 82.4 Å². The highest BCUT2D eigenvalue weighted by Gasteiger charge is 2.32. The largest absolute Gasteiger partial charge is 0.485 e. The number of methoxy groups -OCH3 is 1. The smallest absolute Gasteiger partial charge is 0.337 e. The molecule has 11 heteroatoms. The molecule has 0 spiro atoms. The van der Waals surface area contributed by atoms with Gasteiger partial charge in [-0.3, -0.25) is 4.90 Å². The van der Waals surface area contributed by atoms with Crippen LogP contribution in [-0.4, -0.2) is 72.5 Å². The lowest BCUT2D eigenvalue weighted by Crippen LogP contribution is -2.52. The quantitative estimate of drug-likeness (QED) is 0.246. The summed E-state index contributed by atoms with van der Waals surface area (Å²) in [6, 6.07) is 16.2. The summed E-state index contributed by atoms with van der Waals surface area (Å²) in [5, 5.41) is 0.341. The van der Waals surface area contributed by atoms with E-state index in [1.165, 1.54) is 13.2 Å². The standard InChI is InChI=1S/C33H34ClFN4O5/c1-20-16-38(27-4-3-5-29-32(27)44-30(19-43-29)24-8-7-22(34)15-25(24)35)12-11-37(20)18-31-36-26-9-6-21(33(40)41-2)14-28(26)39(31)17-23-10-13-42-23/h3-9,14-15,20,23,30H,10-13,16-19H2,1-2H3/t20-,23-,30-/m0/s1. The number of ether oxygens (including phenoxy) is 4. The number of fused-ring (bicyclic) bond motifs is 2. The van der Waals surface area contributed by atoms with E-state index in [2.05, 4.69) is 21.3 Å². The van der Waals surface area contributed by atoms with Gasteiger partial charge in [-0.2, -0.15) is 0 Å². The maximum absolute atomic E-state index is 14.7. The highest BCUT2D eigenvalue weighted by atomic mass is 35.5. The van der Waals surface area contributed by atoms with Crippen molar-refractivity contribution in [1.29, 1.82) is 0 Å². The number of benzene rings is 3. The number of hydrogen-bond acceptors (Lipinski definition) is 8. The van der Waals surface area contributed by atoms with Gasteiger partial charge in [-0.15, -0.1) is 0 Å². The Balaban J connectivity index is 1.10. The van der Waals surface area contributed by atoms with Crippen LogP contribution in [0.15, 0.2) is 54.6 Å². The number of piperazine rings is 1. The van der Waals surface area contributed by atoms with E-state index in [0.29, 0.717) is 40.7 Å². The molecule has 230 valence electrons. The van der Waals surface area contributed by atoms with Crippen LogP contribution in [0.3, 0.4) is 0 Å². The van der Waals surface area contributed by atoms with Gasteiger partial charge in [0.1, 0.15) is 18.2 Å². The molecular formula is C33H34ClFN4O5. The van der Waals surface area contributed by atoms with Crippen molar-refractivity contribution < 1.29 is 28.1 Å². The minimum absolute atomic E-state index is 0.138. The number of halogens is 2. The lowest BCUT2D eigenvalue weighted by atomic mass is 10.1. The zero-order valence-corrected chi connectivity index (χ0v) is 25.4. The molecule has 3 atom stereocenters. The van der Waals surface area contributed by atoms with E-state index >= 15 is 0 Å². The van der Waals surface area contributed by atoms with Crippen LogP contribution < -0.4 is 14.4 Å². The first-order valence-electron chi connectivity index (χ1n) is 14.9. The summed E-state index contributed by atoms with van der Waals surface area (Å²) in [7, 11) is 1.39. The highest BCUT2D eigenvalue weighted by molar-refractivity contribution is 6.30. The van der Waals surface area contributed by atoms with Gasteiger partial charge in [-0.25, -0.2) is 14.2 Å². The monoisotopic (exact) mass is 620 g/mol. The minimum atomic E-state index is -0.577. The molecule has 0 bridgehead atoms. The molecule has 0 aliphatic carbocycles. The van der Waals surface area contributed by atoms with Crippen molar-refractivity contribution in [1.82, 2.24) is 14.5 Å². The number of hydrogen-bond donors (Lipinski definition) is 0. The third-order valence-electron chi connectivity index (χ3n) is 8.80. The summed E-state index contributed by atoms with van der Waals surface area (Å²) in [5.41, 5.74) is 3.60. The maximum atomic E-state index is 14.7. The predicted octanol–water partition coefficient (Wildman–Crippen LogP) is 5.63. The van der Waals surface area contributed by atoms with E-state index in [4.69, 9.17) is 35.5 Å². The number of imidazole rings is 1. The van der Waals surface area contributed by atoms with Crippen LogP contribution in [0.25, 0.3) is 11.0 Å². The Morgan fingerprint density at radius 1 is 1.16 bits per heavy atom. The Kier molecular flexibility index (Phi) is 7.82. The average molecular weight is 621 g/mol. The number of aromatic nitrogens is 2. The van der Waals surface area contributed by atoms with Crippen LogP contribution >= 0.6 is 11.6 Å². The zero-order chi connectivity index (χ0) is 30.4. The van der Waals surface area contributed by atoms with Gasteiger partial charge in [0.2, 0.25) is 0 Å². The Labute approximate surface area is 260 Å². The summed E-state index contributed by atoms with van der Waals surface area (Å²) in [4.78, 5) is 22.0. The molecule has 0 saturated carbocycles. The van der Waals surface area contributed by atoms with Crippen molar-refractivity contribution in [3.63, 3.8) is 0 Å². The third kappa shape index (κ3) is 5.46. The van der Waals surface area contributed by atoms with Gasteiger partial charge in [0.25, 0.3) is 0 Å².